The van der Waals surface area contributed by atoms with Crippen molar-refractivity contribution in [1.29, 1.82) is 0 Å². The van der Waals surface area contributed by atoms with Crippen molar-refractivity contribution < 1.29 is 0 Å². The molecule has 0 amide bonds. The maximum atomic E-state index is 4.25. The van der Waals surface area contributed by atoms with Crippen LogP contribution in [-0.2, 0) is 6.54 Å². The van der Waals surface area contributed by atoms with Crippen LogP contribution in [0.5, 0.6) is 0 Å². The lowest BCUT2D eigenvalue weighted by molar-refractivity contribution is 0.536. The van der Waals surface area contributed by atoms with E-state index < -0.39 is 0 Å². The topological polar surface area (TPSA) is 29.9 Å². The van der Waals surface area contributed by atoms with E-state index in [4.69, 9.17) is 0 Å². The number of aryl methyl sites for hydroxylation is 1. The van der Waals surface area contributed by atoms with Crippen molar-refractivity contribution in [3.05, 3.63) is 12.4 Å². The fraction of sp³-hybridized carbons (Fsp3) is 0.812. The summed E-state index contributed by atoms with van der Waals surface area (Å²) in [5.41, 5.74) is 0. The molecule has 19 heavy (non-hydrogen) atoms. The molecule has 3 heteroatoms. The largest absolute Gasteiger partial charge is 0.359 e. The normalized spacial score (nSPS) is 10.8. The second kappa shape index (κ2) is 10.9. The minimum Gasteiger partial charge on any atom is -0.359 e. The molecule has 0 saturated carbocycles. The number of rotatable bonds is 12. The van der Waals surface area contributed by atoms with E-state index in [0.717, 1.165) is 12.5 Å². The quantitative estimate of drug-likeness (QED) is 0.548. The predicted molar refractivity (Wildman–Crippen MR) is 83.6 cm³/mol. The Labute approximate surface area is 118 Å². The zero-order valence-corrected chi connectivity index (χ0v) is 12.8. The standard InChI is InChI=1S/C16H31N3/c1-3-4-5-6-7-8-9-10-11-12-14-19-15-13-18-16(19)17-2/h13,15H,3-12,14H2,1-2H3,(H,17,18). The van der Waals surface area contributed by atoms with Gasteiger partial charge in [0.15, 0.2) is 0 Å². The molecule has 1 rings (SSSR count). The molecule has 0 saturated heterocycles. The molecule has 0 aliphatic heterocycles. The Bertz CT molecular complexity index is 307. The highest BCUT2D eigenvalue weighted by Crippen LogP contribution is 2.12. The van der Waals surface area contributed by atoms with Crippen molar-refractivity contribution in [2.24, 2.45) is 0 Å². The number of nitrogens with one attached hydrogen (secondary N) is 1. The molecular weight excluding hydrogens is 234 g/mol. The summed E-state index contributed by atoms with van der Waals surface area (Å²) in [6, 6.07) is 0. The minimum atomic E-state index is 0.982. The molecule has 0 radical (unpaired) electrons. The first kappa shape index (κ1) is 16.1. The van der Waals surface area contributed by atoms with E-state index in [1.807, 2.05) is 13.2 Å². The van der Waals surface area contributed by atoms with Crippen molar-refractivity contribution in [3.63, 3.8) is 0 Å². The number of nitrogens with zero attached hydrogens (tertiary/aromatic N) is 2. The van der Waals surface area contributed by atoms with Crippen LogP contribution in [0.4, 0.5) is 5.95 Å². The molecule has 0 aromatic carbocycles. The SMILES string of the molecule is CCCCCCCCCCCCn1ccnc1NC. The molecule has 3 nitrogen and oxygen atoms in total. The lowest BCUT2D eigenvalue weighted by atomic mass is 10.1. The van der Waals surface area contributed by atoms with Gasteiger partial charge < -0.3 is 9.88 Å². The van der Waals surface area contributed by atoms with E-state index in [-0.39, 0.29) is 0 Å². The van der Waals surface area contributed by atoms with E-state index in [1.54, 1.807) is 0 Å². The Kier molecular flexibility index (Phi) is 9.21. The minimum absolute atomic E-state index is 0.982. The number of hydrogen-bond acceptors (Lipinski definition) is 2. The molecule has 0 fully saturated rings. The van der Waals surface area contributed by atoms with Gasteiger partial charge in [-0.25, -0.2) is 4.98 Å². The van der Waals surface area contributed by atoms with Crippen LogP contribution in [-0.4, -0.2) is 16.6 Å². The van der Waals surface area contributed by atoms with Gasteiger partial charge in [-0.3, -0.25) is 0 Å². The lowest BCUT2D eigenvalue weighted by Crippen LogP contribution is -2.02. The number of aromatic nitrogens is 2. The first-order valence-electron chi connectivity index (χ1n) is 8.07. The summed E-state index contributed by atoms with van der Waals surface area (Å²) in [4.78, 5) is 4.25. The van der Waals surface area contributed by atoms with Crippen LogP contribution in [0.3, 0.4) is 0 Å². The Morgan fingerprint density at radius 2 is 1.53 bits per heavy atom. The van der Waals surface area contributed by atoms with Gasteiger partial charge in [0, 0.05) is 26.0 Å². The average molecular weight is 265 g/mol. The molecule has 1 aromatic rings. The van der Waals surface area contributed by atoms with Crippen LogP contribution in [0, 0.1) is 0 Å². The van der Waals surface area contributed by atoms with E-state index in [0.29, 0.717) is 0 Å². The van der Waals surface area contributed by atoms with Crippen molar-refractivity contribution in [2.75, 3.05) is 12.4 Å². The molecular formula is C16H31N3. The second-order valence-electron chi connectivity index (χ2n) is 5.38. The van der Waals surface area contributed by atoms with Gasteiger partial charge >= 0.3 is 0 Å². The smallest absolute Gasteiger partial charge is 0.202 e. The lowest BCUT2D eigenvalue weighted by Gasteiger charge is -2.06. The van der Waals surface area contributed by atoms with Crippen LogP contribution < -0.4 is 5.32 Å². The molecule has 1 heterocycles. The van der Waals surface area contributed by atoms with Gasteiger partial charge in [-0.15, -0.1) is 0 Å². The van der Waals surface area contributed by atoms with Gasteiger partial charge in [0.2, 0.25) is 5.95 Å². The number of anilines is 1. The Morgan fingerprint density at radius 1 is 0.947 bits per heavy atom. The van der Waals surface area contributed by atoms with E-state index in [1.165, 1.54) is 64.2 Å². The molecule has 0 aliphatic carbocycles. The van der Waals surface area contributed by atoms with Gasteiger partial charge in [-0.1, -0.05) is 64.7 Å². The molecule has 0 unspecified atom stereocenters. The zero-order valence-electron chi connectivity index (χ0n) is 12.8. The second-order valence-corrected chi connectivity index (χ2v) is 5.38. The molecule has 0 spiro atoms. The summed E-state index contributed by atoms with van der Waals surface area (Å²) in [5, 5.41) is 3.11. The van der Waals surface area contributed by atoms with Crippen molar-refractivity contribution in [3.8, 4) is 0 Å². The molecule has 0 aliphatic rings. The Hall–Kier alpha value is -0.990. The highest BCUT2D eigenvalue weighted by molar-refractivity contribution is 5.23. The third-order valence-corrected chi connectivity index (χ3v) is 3.69. The third kappa shape index (κ3) is 7.24. The summed E-state index contributed by atoms with van der Waals surface area (Å²) in [6.45, 7) is 3.37. The van der Waals surface area contributed by atoms with Gasteiger partial charge in [0.1, 0.15) is 0 Å². The van der Waals surface area contributed by atoms with Gasteiger partial charge in [0.25, 0.3) is 0 Å². The highest BCUT2D eigenvalue weighted by atomic mass is 15.2. The monoisotopic (exact) mass is 265 g/mol. The number of imidazole rings is 1. The van der Waals surface area contributed by atoms with Gasteiger partial charge in [0.05, 0.1) is 0 Å². The highest BCUT2D eigenvalue weighted by Gasteiger charge is 1.99. The Balaban J connectivity index is 1.89. The fourth-order valence-electron chi connectivity index (χ4n) is 2.49. The van der Waals surface area contributed by atoms with Crippen molar-refractivity contribution in [1.82, 2.24) is 9.55 Å². The van der Waals surface area contributed by atoms with E-state index in [2.05, 4.69) is 28.0 Å². The summed E-state index contributed by atoms with van der Waals surface area (Å²) >= 11 is 0. The predicted octanol–water partition coefficient (Wildman–Crippen LogP) is 4.85. The van der Waals surface area contributed by atoms with Crippen LogP contribution in [0.25, 0.3) is 0 Å². The summed E-state index contributed by atoms with van der Waals surface area (Å²) < 4.78 is 2.20. The third-order valence-electron chi connectivity index (χ3n) is 3.69. The molecule has 110 valence electrons. The average Bonchev–Trinajstić information content (AvgIpc) is 2.88. The van der Waals surface area contributed by atoms with Crippen molar-refractivity contribution in [2.45, 2.75) is 77.7 Å². The first-order chi connectivity index (χ1) is 9.38. The zero-order chi connectivity index (χ0) is 13.8. The fourth-order valence-corrected chi connectivity index (χ4v) is 2.49. The summed E-state index contributed by atoms with van der Waals surface area (Å²) in [6.07, 6.45) is 17.8. The van der Waals surface area contributed by atoms with Gasteiger partial charge in [-0.05, 0) is 6.42 Å². The maximum Gasteiger partial charge on any atom is 0.202 e. The molecule has 1 N–H and O–H groups in total. The van der Waals surface area contributed by atoms with Crippen LogP contribution in [0.2, 0.25) is 0 Å². The molecule has 0 bridgehead atoms. The van der Waals surface area contributed by atoms with Crippen LogP contribution in [0.15, 0.2) is 12.4 Å². The van der Waals surface area contributed by atoms with Crippen molar-refractivity contribution >= 4 is 5.95 Å². The number of hydrogen-bond donors (Lipinski definition) is 1. The van der Waals surface area contributed by atoms with Gasteiger partial charge in [-0.2, -0.15) is 0 Å². The Morgan fingerprint density at radius 3 is 2.11 bits per heavy atom. The van der Waals surface area contributed by atoms with E-state index >= 15 is 0 Å². The molecule has 0 atom stereocenters. The van der Waals surface area contributed by atoms with Crippen LogP contribution in [0.1, 0.15) is 71.1 Å². The summed E-state index contributed by atoms with van der Waals surface area (Å²) in [5.74, 6) is 0.982. The molecule has 1 aromatic heterocycles. The first-order valence-corrected chi connectivity index (χ1v) is 8.07. The van der Waals surface area contributed by atoms with Crippen LogP contribution >= 0.6 is 0 Å². The summed E-state index contributed by atoms with van der Waals surface area (Å²) in [7, 11) is 1.93. The maximum absolute atomic E-state index is 4.25. The number of unbranched alkanes of at least 4 members (excludes halogenated alkanes) is 9. The van der Waals surface area contributed by atoms with E-state index in [9.17, 15) is 0 Å².